The highest BCUT2D eigenvalue weighted by Gasteiger charge is 2.32. The summed E-state index contributed by atoms with van der Waals surface area (Å²) in [5.41, 5.74) is 3.90. The maximum absolute atomic E-state index is 13.9. The number of carbonyl (C=O) groups is 6. The number of hydrazine groups is 1. The smallest absolute Gasteiger partial charge is 0.260 e. The normalized spacial score (nSPS) is 12.5. The summed E-state index contributed by atoms with van der Waals surface area (Å²) in [5.74, 6) is 2.98. The molecule has 3 rings (SSSR count). The van der Waals surface area contributed by atoms with Crippen LogP contribution < -0.4 is 22.0 Å². The fourth-order valence-electron chi connectivity index (χ4n) is 5.65. The number of rotatable bonds is 22. The molecule has 272 valence electrons. The minimum atomic E-state index is -1.24. The second-order valence-corrected chi connectivity index (χ2v) is 12.5. The molecule has 3 aromatic carbocycles. The van der Waals surface area contributed by atoms with Gasteiger partial charge in [0.1, 0.15) is 18.4 Å². The molecule has 12 nitrogen and oxygen atoms in total. The van der Waals surface area contributed by atoms with Gasteiger partial charge in [0.2, 0.25) is 17.7 Å². The Kier molecular flexibility index (Phi) is 17.2. The molecule has 0 aliphatic rings. The van der Waals surface area contributed by atoms with Gasteiger partial charge in [0.05, 0.1) is 5.92 Å². The molecule has 0 aliphatic heterocycles. The molecule has 12 heteroatoms. The summed E-state index contributed by atoms with van der Waals surface area (Å²) < 4.78 is 0. The average Bonchev–Trinajstić information content (AvgIpc) is 3.16. The molecule has 6 N–H and O–H groups in total. The largest absolute Gasteiger partial charge is 0.356 e. The van der Waals surface area contributed by atoms with E-state index in [1.807, 2.05) is 12.1 Å². The maximum atomic E-state index is 13.9. The first kappa shape index (κ1) is 40.2. The highest BCUT2D eigenvalue weighted by molar-refractivity contribution is 6.09. The van der Waals surface area contributed by atoms with E-state index in [-0.39, 0.29) is 37.4 Å². The zero-order chi connectivity index (χ0) is 37.0. The van der Waals surface area contributed by atoms with Crippen LogP contribution in [0.25, 0.3) is 0 Å². The van der Waals surface area contributed by atoms with E-state index in [0.717, 1.165) is 29.8 Å². The van der Waals surface area contributed by atoms with Gasteiger partial charge in [-0.2, -0.15) is 0 Å². The van der Waals surface area contributed by atoms with Gasteiger partial charge in [0.25, 0.3) is 5.91 Å². The van der Waals surface area contributed by atoms with E-state index < -0.39 is 35.7 Å². The van der Waals surface area contributed by atoms with Crippen LogP contribution in [0.5, 0.6) is 0 Å². The second kappa shape index (κ2) is 21.8. The number of unbranched alkanes of at least 4 members (excludes halogenated alkanes) is 3. The van der Waals surface area contributed by atoms with Crippen molar-refractivity contribution < 1.29 is 34.0 Å². The molecule has 0 saturated heterocycles. The van der Waals surface area contributed by atoms with E-state index in [0.29, 0.717) is 48.8 Å². The lowest BCUT2D eigenvalue weighted by Gasteiger charge is -2.29. The molecule has 51 heavy (non-hydrogen) atoms. The van der Waals surface area contributed by atoms with Crippen molar-refractivity contribution in [1.29, 1.82) is 0 Å². The number of nitrogens with two attached hydrogens (primary N) is 1. The summed E-state index contributed by atoms with van der Waals surface area (Å²) in [6.45, 7) is 2.50. The molecule has 0 spiro atoms. The lowest BCUT2D eigenvalue weighted by molar-refractivity contribution is -0.142. The van der Waals surface area contributed by atoms with Gasteiger partial charge in [-0.25, -0.2) is 11.3 Å². The van der Waals surface area contributed by atoms with Crippen molar-refractivity contribution >= 4 is 35.7 Å². The Labute approximate surface area is 299 Å². The minimum Gasteiger partial charge on any atom is -0.356 e. The number of carbonyl (C=O) groups excluding carboxylic acids is 6. The van der Waals surface area contributed by atoms with Crippen LogP contribution in [0.15, 0.2) is 84.9 Å². The van der Waals surface area contributed by atoms with Gasteiger partial charge in [-0.15, -0.1) is 0 Å². The summed E-state index contributed by atoms with van der Waals surface area (Å²) in [7, 11) is 0. The lowest BCUT2D eigenvalue weighted by atomic mass is 9.93. The Balaban J connectivity index is 1.76. The highest BCUT2D eigenvalue weighted by atomic mass is 16.5. The predicted molar refractivity (Wildman–Crippen MR) is 192 cm³/mol. The van der Waals surface area contributed by atoms with Gasteiger partial charge in [0.15, 0.2) is 5.78 Å². The monoisotopic (exact) mass is 699 g/mol. The van der Waals surface area contributed by atoms with Gasteiger partial charge < -0.3 is 15.4 Å². The molecule has 0 fully saturated rings. The Bertz CT molecular complexity index is 1570. The summed E-state index contributed by atoms with van der Waals surface area (Å²) in [6.07, 6.45) is 4.96. The number of hydrogen-bond donors (Lipinski definition) is 5. The number of amides is 4. The maximum Gasteiger partial charge on any atom is 0.260 e. The number of hydrogen-bond acceptors (Lipinski definition) is 8. The van der Waals surface area contributed by atoms with Crippen LogP contribution in [0.1, 0.15) is 85.3 Å². The molecule has 4 amide bonds. The summed E-state index contributed by atoms with van der Waals surface area (Å²) in [4.78, 5) is 76.9. The molecule has 3 atom stereocenters. The molecular weight excluding hydrogens is 650 g/mol. The summed E-state index contributed by atoms with van der Waals surface area (Å²) in [5, 5.41) is 15.6. The van der Waals surface area contributed by atoms with Crippen molar-refractivity contribution in [1.82, 2.24) is 21.1 Å². The molecule has 0 saturated carbocycles. The van der Waals surface area contributed by atoms with Crippen molar-refractivity contribution in [2.45, 2.75) is 83.2 Å². The molecule has 0 aromatic heterocycles. The van der Waals surface area contributed by atoms with Crippen LogP contribution in [0.3, 0.4) is 0 Å². The van der Waals surface area contributed by atoms with E-state index in [1.54, 1.807) is 78.3 Å². The first-order chi connectivity index (χ1) is 24.7. The zero-order valence-corrected chi connectivity index (χ0v) is 29.1. The highest BCUT2D eigenvalue weighted by Crippen LogP contribution is 2.17. The lowest BCUT2D eigenvalue weighted by Crippen LogP contribution is -2.57. The number of aldehydes is 1. The number of nitrogens with one attached hydrogen (secondary N) is 3. The molecule has 3 unspecified atom stereocenters. The van der Waals surface area contributed by atoms with Crippen molar-refractivity contribution in [3.63, 3.8) is 0 Å². The Morgan fingerprint density at radius 2 is 1.41 bits per heavy atom. The number of ketones is 1. The van der Waals surface area contributed by atoms with E-state index in [2.05, 4.69) is 17.6 Å². The third-order valence-electron chi connectivity index (χ3n) is 8.58. The third kappa shape index (κ3) is 13.6. The molecule has 0 bridgehead atoms. The molecule has 0 aliphatic carbocycles. The Morgan fingerprint density at radius 3 is 2.04 bits per heavy atom. The van der Waals surface area contributed by atoms with Crippen molar-refractivity contribution in [2.75, 3.05) is 6.54 Å². The first-order valence-corrected chi connectivity index (χ1v) is 17.4. The summed E-state index contributed by atoms with van der Waals surface area (Å²) >= 11 is 0. The van der Waals surface area contributed by atoms with Crippen LogP contribution >= 0.6 is 0 Å². The van der Waals surface area contributed by atoms with E-state index in [1.165, 1.54) is 0 Å². The fourth-order valence-corrected chi connectivity index (χ4v) is 5.65. The summed E-state index contributed by atoms with van der Waals surface area (Å²) in [6, 6.07) is 22.2. The molecular formula is C39H49N5O7. The average molecular weight is 700 g/mol. The quantitative estimate of drug-likeness (QED) is 0.0199. The number of benzene rings is 3. The SMILES string of the molecule is CCCCCC(=O)NCCCCC(C=O)N(N)C(=O)C(Cc1ccc(C(=O)c2ccccc2)cc1)NC(=O)C(CC(=O)NO)Cc1ccccc1. The second-order valence-electron chi connectivity index (χ2n) is 12.5. The molecule has 0 radical (unpaired) electrons. The van der Waals surface area contributed by atoms with Gasteiger partial charge in [-0.3, -0.25) is 34.2 Å². The Morgan fingerprint density at radius 1 is 0.784 bits per heavy atom. The third-order valence-corrected chi connectivity index (χ3v) is 8.58. The number of hydroxylamine groups is 1. The van der Waals surface area contributed by atoms with Crippen LogP contribution in [0, 0.1) is 5.92 Å². The molecule has 0 heterocycles. The first-order valence-electron chi connectivity index (χ1n) is 17.4. The van der Waals surface area contributed by atoms with Crippen molar-refractivity contribution in [3.8, 4) is 0 Å². The predicted octanol–water partition coefficient (Wildman–Crippen LogP) is 3.84. The van der Waals surface area contributed by atoms with Gasteiger partial charge in [-0.05, 0) is 43.2 Å². The van der Waals surface area contributed by atoms with E-state index >= 15 is 0 Å². The topological polar surface area (TPSA) is 188 Å². The van der Waals surface area contributed by atoms with Crippen molar-refractivity contribution in [2.24, 2.45) is 11.8 Å². The van der Waals surface area contributed by atoms with E-state index in [9.17, 15) is 34.0 Å². The zero-order valence-electron chi connectivity index (χ0n) is 29.1. The van der Waals surface area contributed by atoms with Crippen LogP contribution in [-0.4, -0.2) is 64.5 Å². The van der Waals surface area contributed by atoms with Crippen LogP contribution in [0.2, 0.25) is 0 Å². The van der Waals surface area contributed by atoms with Gasteiger partial charge in [-0.1, -0.05) is 105 Å². The van der Waals surface area contributed by atoms with Crippen LogP contribution in [-0.2, 0) is 36.8 Å². The minimum absolute atomic E-state index is 0.0240. The Hall–Kier alpha value is -5.20. The van der Waals surface area contributed by atoms with E-state index in [4.69, 9.17) is 5.84 Å². The van der Waals surface area contributed by atoms with Gasteiger partial charge >= 0.3 is 0 Å². The molecule has 3 aromatic rings. The number of nitrogens with zero attached hydrogens (tertiary/aromatic N) is 1. The van der Waals surface area contributed by atoms with Gasteiger partial charge in [0, 0.05) is 36.9 Å². The van der Waals surface area contributed by atoms with Crippen LogP contribution in [0.4, 0.5) is 0 Å². The fraction of sp³-hybridized carbons (Fsp3) is 0.385. The standard InChI is InChI=1S/C39H49N5O7/c1-2-3-6-18-35(46)41-23-12-11-17-33(27-45)44(40)39(50)34(25-29-19-21-31(22-20-29)37(48)30-15-9-5-10-16-30)42-38(49)32(26-36(47)43-51)24-28-13-7-4-8-14-28/h4-5,7-10,13-16,19-22,27,32-34,51H,2-3,6,11-12,17-18,23-26,40H2,1H3,(H,41,46)(H,42,49)(H,43,47). The van der Waals surface area contributed by atoms with Crippen molar-refractivity contribution in [3.05, 3.63) is 107 Å².